The average Bonchev–Trinajstić information content (AvgIpc) is 2.29. The number of rotatable bonds is 5. The molecule has 0 aliphatic heterocycles. The van der Waals surface area contributed by atoms with Crippen LogP contribution in [0.5, 0.6) is 0 Å². The molecule has 0 aromatic carbocycles. The number of ether oxygens (including phenoxy) is 2. The zero-order valence-electron chi connectivity index (χ0n) is 10.5. The molecule has 0 heterocycles. The van der Waals surface area contributed by atoms with E-state index in [1.165, 1.54) is 0 Å². The molecule has 0 radical (unpaired) electrons. The average molecular weight is 229 g/mol. The fourth-order valence-corrected chi connectivity index (χ4v) is 2.47. The van der Waals surface area contributed by atoms with Crippen LogP contribution in [0.4, 0.5) is 0 Å². The van der Waals surface area contributed by atoms with Crippen molar-refractivity contribution in [3.63, 3.8) is 0 Å². The van der Waals surface area contributed by atoms with Gasteiger partial charge in [0, 0.05) is 12.6 Å². The monoisotopic (exact) mass is 229 g/mol. The molecule has 4 heteroatoms. The first-order valence-corrected chi connectivity index (χ1v) is 6.03. The third-order valence-electron chi connectivity index (χ3n) is 3.45. The Hall–Kier alpha value is -0.610. The quantitative estimate of drug-likeness (QED) is 0.726. The van der Waals surface area contributed by atoms with Gasteiger partial charge in [-0.3, -0.25) is 4.79 Å². The molecular weight excluding hydrogens is 206 g/mol. The Labute approximate surface area is 97.7 Å². The second-order valence-electron chi connectivity index (χ2n) is 4.47. The fraction of sp³-hybridized carbons (Fsp3) is 0.917. The first-order chi connectivity index (χ1) is 7.65. The Morgan fingerprint density at radius 2 is 2.31 bits per heavy atom. The van der Waals surface area contributed by atoms with E-state index < -0.39 is 0 Å². The Morgan fingerprint density at radius 1 is 1.56 bits per heavy atom. The maximum absolute atomic E-state index is 11.6. The molecule has 94 valence electrons. The molecule has 0 bridgehead atoms. The van der Waals surface area contributed by atoms with Gasteiger partial charge in [0.05, 0.1) is 19.1 Å². The Kier molecular flexibility index (Phi) is 5.22. The van der Waals surface area contributed by atoms with E-state index in [-0.39, 0.29) is 17.6 Å². The molecule has 2 unspecified atom stereocenters. The maximum atomic E-state index is 11.6. The highest BCUT2D eigenvalue weighted by molar-refractivity contribution is 5.71. The van der Waals surface area contributed by atoms with E-state index in [1.54, 1.807) is 7.11 Å². The van der Waals surface area contributed by atoms with Crippen LogP contribution >= 0.6 is 0 Å². The van der Waals surface area contributed by atoms with Crippen molar-refractivity contribution in [2.45, 2.75) is 50.7 Å². The summed E-state index contributed by atoms with van der Waals surface area (Å²) in [4.78, 5) is 11.6. The summed E-state index contributed by atoms with van der Waals surface area (Å²) < 4.78 is 10.4. The lowest BCUT2D eigenvalue weighted by atomic mass is 9.78. The summed E-state index contributed by atoms with van der Waals surface area (Å²) in [5, 5.41) is 3.29. The van der Waals surface area contributed by atoms with Crippen LogP contribution in [0.15, 0.2) is 0 Å². The number of nitrogens with one attached hydrogen (secondary N) is 1. The van der Waals surface area contributed by atoms with Crippen LogP contribution in [0.25, 0.3) is 0 Å². The highest BCUT2D eigenvalue weighted by Crippen LogP contribution is 2.32. The number of esters is 1. The van der Waals surface area contributed by atoms with Gasteiger partial charge in [-0.05, 0) is 39.7 Å². The summed E-state index contributed by atoms with van der Waals surface area (Å²) in [6, 6.07) is 0. The van der Waals surface area contributed by atoms with Crippen molar-refractivity contribution >= 4 is 5.97 Å². The number of hydrogen-bond acceptors (Lipinski definition) is 4. The molecule has 4 nitrogen and oxygen atoms in total. The fourth-order valence-electron chi connectivity index (χ4n) is 2.47. The minimum Gasteiger partial charge on any atom is -0.466 e. The molecular formula is C12H23NO3. The maximum Gasteiger partial charge on any atom is 0.307 e. The van der Waals surface area contributed by atoms with Crippen LogP contribution in [-0.4, -0.2) is 38.4 Å². The standard InChI is InChI=1S/C12H23NO3/c1-4-16-11(14)9-12(13-2)7-5-6-10(8-12)15-3/h10,13H,4-9H2,1-3H3. The van der Waals surface area contributed by atoms with Crippen molar-refractivity contribution in [2.75, 3.05) is 20.8 Å². The number of carbonyl (C=O) groups excluding carboxylic acids is 1. The second kappa shape index (κ2) is 6.21. The molecule has 2 atom stereocenters. The first-order valence-electron chi connectivity index (χ1n) is 6.03. The van der Waals surface area contributed by atoms with Crippen molar-refractivity contribution in [2.24, 2.45) is 0 Å². The van der Waals surface area contributed by atoms with Crippen molar-refractivity contribution < 1.29 is 14.3 Å². The minimum absolute atomic E-state index is 0.117. The molecule has 0 aromatic rings. The molecule has 1 rings (SSSR count). The van der Waals surface area contributed by atoms with Crippen molar-refractivity contribution in [1.82, 2.24) is 5.32 Å². The lowest BCUT2D eigenvalue weighted by Crippen LogP contribution is -2.50. The van der Waals surface area contributed by atoms with Gasteiger partial charge in [0.15, 0.2) is 0 Å². The normalized spacial score (nSPS) is 30.1. The SMILES string of the molecule is CCOC(=O)CC1(NC)CCCC(OC)C1. The van der Waals surface area contributed by atoms with Gasteiger partial charge < -0.3 is 14.8 Å². The summed E-state index contributed by atoms with van der Waals surface area (Å²) in [5.41, 5.74) is -0.134. The van der Waals surface area contributed by atoms with Gasteiger partial charge in [-0.1, -0.05) is 0 Å². The van der Waals surface area contributed by atoms with Gasteiger partial charge in [-0.25, -0.2) is 0 Å². The Balaban J connectivity index is 2.58. The highest BCUT2D eigenvalue weighted by Gasteiger charge is 2.37. The van der Waals surface area contributed by atoms with E-state index in [2.05, 4.69) is 5.32 Å². The van der Waals surface area contributed by atoms with E-state index in [4.69, 9.17) is 9.47 Å². The largest absolute Gasteiger partial charge is 0.466 e. The number of methoxy groups -OCH3 is 1. The van der Waals surface area contributed by atoms with Crippen molar-refractivity contribution in [3.8, 4) is 0 Å². The topological polar surface area (TPSA) is 47.6 Å². The molecule has 16 heavy (non-hydrogen) atoms. The van der Waals surface area contributed by atoms with Crippen LogP contribution in [0, 0.1) is 0 Å². The summed E-state index contributed by atoms with van der Waals surface area (Å²) >= 11 is 0. The molecule has 1 aliphatic rings. The zero-order valence-corrected chi connectivity index (χ0v) is 10.5. The Morgan fingerprint density at radius 3 is 2.88 bits per heavy atom. The summed E-state index contributed by atoms with van der Waals surface area (Å²) in [6.45, 7) is 2.29. The van der Waals surface area contributed by atoms with Gasteiger partial charge in [0.1, 0.15) is 0 Å². The minimum atomic E-state index is -0.134. The van der Waals surface area contributed by atoms with Crippen molar-refractivity contribution in [1.29, 1.82) is 0 Å². The van der Waals surface area contributed by atoms with Crippen LogP contribution in [0.3, 0.4) is 0 Å². The molecule has 0 spiro atoms. The summed E-state index contributed by atoms with van der Waals surface area (Å²) in [7, 11) is 3.65. The predicted octanol–water partition coefficient (Wildman–Crippen LogP) is 1.49. The van der Waals surface area contributed by atoms with E-state index in [9.17, 15) is 4.79 Å². The second-order valence-corrected chi connectivity index (χ2v) is 4.47. The highest BCUT2D eigenvalue weighted by atomic mass is 16.5. The number of carbonyl (C=O) groups is 1. The third kappa shape index (κ3) is 3.46. The number of hydrogen-bond donors (Lipinski definition) is 1. The molecule has 1 aliphatic carbocycles. The van der Waals surface area contributed by atoms with Crippen molar-refractivity contribution in [3.05, 3.63) is 0 Å². The predicted molar refractivity (Wildman–Crippen MR) is 62.3 cm³/mol. The first kappa shape index (κ1) is 13.5. The smallest absolute Gasteiger partial charge is 0.307 e. The molecule has 1 saturated carbocycles. The zero-order chi connectivity index (χ0) is 12.0. The van der Waals surface area contributed by atoms with Gasteiger partial charge >= 0.3 is 5.97 Å². The van der Waals surface area contributed by atoms with Gasteiger partial charge in [-0.2, -0.15) is 0 Å². The van der Waals surface area contributed by atoms with Gasteiger partial charge in [0.25, 0.3) is 0 Å². The molecule has 0 amide bonds. The van der Waals surface area contributed by atoms with E-state index in [0.29, 0.717) is 13.0 Å². The molecule has 0 saturated heterocycles. The molecule has 1 fully saturated rings. The van der Waals surface area contributed by atoms with Gasteiger partial charge in [-0.15, -0.1) is 0 Å². The van der Waals surface area contributed by atoms with Crippen LogP contribution < -0.4 is 5.32 Å². The summed E-state index contributed by atoms with van der Waals surface area (Å²) in [5.74, 6) is -0.117. The third-order valence-corrected chi connectivity index (χ3v) is 3.45. The lowest BCUT2D eigenvalue weighted by Gasteiger charge is -2.39. The summed E-state index contributed by atoms with van der Waals surface area (Å²) in [6.07, 6.45) is 4.79. The van der Waals surface area contributed by atoms with Gasteiger partial charge in [0.2, 0.25) is 0 Å². The van der Waals surface area contributed by atoms with E-state index in [0.717, 1.165) is 25.7 Å². The molecule has 0 aromatic heterocycles. The van der Waals surface area contributed by atoms with Crippen LogP contribution in [0.2, 0.25) is 0 Å². The van der Waals surface area contributed by atoms with Crippen LogP contribution in [0.1, 0.15) is 39.0 Å². The van der Waals surface area contributed by atoms with Crippen LogP contribution in [-0.2, 0) is 14.3 Å². The molecule has 1 N–H and O–H groups in total. The van der Waals surface area contributed by atoms with E-state index >= 15 is 0 Å². The lowest BCUT2D eigenvalue weighted by molar-refractivity contribution is -0.145. The van der Waals surface area contributed by atoms with E-state index in [1.807, 2.05) is 14.0 Å². The Bertz CT molecular complexity index is 232.